The molecular formula is C11H13NO5. The molecule has 0 bridgehead atoms. The molecule has 0 amide bonds. The number of carboxylic acids is 1. The normalized spacial score (nSPS) is 15.4. The summed E-state index contributed by atoms with van der Waals surface area (Å²) in [5.74, 6) is -1.34. The fraction of sp³-hybridized carbons (Fsp3) is 0.364. The number of phenolic OH excluding ortho intramolecular Hbond substituents is 1. The summed E-state index contributed by atoms with van der Waals surface area (Å²) in [5, 5.41) is 18.6. The van der Waals surface area contributed by atoms with E-state index in [4.69, 9.17) is 20.3 Å². The molecular weight excluding hydrogens is 226 g/mol. The van der Waals surface area contributed by atoms with Crippen LogP contribution in [0.4, 0.5) is 0 Å². The number of hydrogen-bond acceptors (Lipinski definition) is 5. The number of aliphatic carboxylic acids is 1. The highest BCUT2D eigenvalue weighted by atomic mass is 16.6. The average molecular weight is 239 g/mol. The molecule has 1 aromatic carbocycles. The molecule has 1 aliphatic rings. The first-order chi connectivity index (χ1) is 8.13. The number of aromatic hydroxyl groups is 1. The first-order valence-electron chi connectivity index (χ1n) is 5.19. The van der Waals surface area contributed by atoms with Crippen molar-refractivity contribution in [3.8, 4) is 17.2 Å². The third-order valence-electron chi connectivity index (χ3n) is 2.56. The standard InChI is InChI=1S/C11H13NO5/c12-5-8(11(14)15)7-3-6(13)4-9-10(7)17-2-1-16-9/h3-4,8,13H,1-2,5,12H2,(H,14,15). The van der Waals surface area contributed by atoms with Gasteiger partial charge >= 0.3 is 5.97 Å². The Bertz CT molecular complexity index is 446. The lowest BCUT2D eigenvalue weighted by molar-refractivity contribution is -0.138. The topological polar surface area (TPSA) is 102 Å². The molecule has 0 saturated heterocycles. The maximum Gasteiger partial charge on any atom is 0.312 e. The van der Waals surface area contributed by atoms with Crippen LogP contribution < -0.4 is 15.2 Å². The maximum absolute atomic E-state index is 11.1. The molecule has 1 aliphatic heterocycles. The maximum atomic E-state index is 11.1. The molecule has 0 aromatic heterocycles. The van der Waals surface area contributed by atoms with Gasteiger partial charge in [0.1, 0.15) is 19.0 Å². The van der Waals surface area contributed by atoms with Gasteiger partial charge in [-0.15, -0.1) is 0 Å². The Morgan fingerprint density at radius 3 is 2.76 bits per heavy atom. The van der Waals surface area contributed by atoms with Crippen LogP contribution in [-0.4, -0.2) is 35.9 Å². The quantitative estimate of drug-likeness (QED) is 0.700. The van der Waals surface area contributed by atoms with Gasteiger partial charge in [-0.2, -0.15) is 0 Å². The van der Waals surface area contributed by atoms with E-state index >= 15 is 0 Å². The Hall–Kier alpha value is -1.95. The van der Waals surface area contributed by atoms with Crippen LogP contribution in [0.3, 0.4) is 0 Å². The SMILES string of the molecule is NCC(C(=O)O)c1cc(O)cc2c1OCCO2. The van der Waals surface area contributed by atoms with Crippen molar-refractivity contribution in [2.24, 2.45) is 5.73 Å². The number of fused-ring (bicyclic) bond motifs is 1. The van der Waals surface area contributed by atoms with E-state index in [0.717, 1.165) is 0 Å². The van der Waals surface area contributed by atoms with Crippen LogP contribution in [0.15, 0.2) is 12.1 Å². The fourth-order valence-corrected chi connectivity index (χ4v) is 1.79. The molecule has 4 N–H and O–H groups in total. The number of carbonyl (C=O) groups is 1. The van der Waals surface area contributed by atoms with E-state index in [2.05, 4.69) is 0 Å². The van der Waals surface area contributed by atoms with Crippen molar-refractivity contribution in [1.82, 2.24) is 0 Å². The van der Waals surface area contributed by atoms with Gasteiger partial charge in [-0.05, 0) is 6.07 Å². The molecule has 6 heteroatoms. The zero-order valence-electron chi connectivity index (χ0n) is 9.05. The molecule has 0 saturated carbocycles. The summed E-state index contributed by atoms with van der Waals surface area (Å²) in [5.41, 5.74) is 5.77. The third kappa shape index (κ3) is 2.12. The van der Waals surface area contributed by atoms with Gasteiger partial charge < -0.3 is 25.4 Å². The largest absolute Gasteiger partial charge is 0.508 e. The predicted molar refractivity (Wildman–Crippen MR) is 58.5 cm³/mol. The number of phenols is 1. The smallest absolute Gasteiger partial charge is 0.312 e. The van der Waals surface area contributed by atoms with E-state index in [-0.39, 0.29) is 12.3 Å². The molecule has 0 fully saturated rings. The van der Waals surface area contributed by atoms with Crippen molar-refractivity contribution in [2.45, 2.75) is 5.92 Å². The Labute approximate surface area is 97.6 Å². The van der Waals surface area contributed by atoms with Crippen molar-refractivity contribution < 1.29 is 24.5 Å². The molecule has 1 unspecified atom stereocenters. The van der Waals surface area contributed by atoms with Crippen LogP contribution in [0.25, 0.3) is 0 Å². The summed E-state index contributed by atoms with van der Waals surface area (Å²) in [6, 6.07) is 2.74. The summed E-state index contributed by atoms with van der Waals surface area (Å²) in [6.45, 7) is 0.645. The van der Waals surface area contributed by atoms with Gasteiger partial charge in [-0.1, -0.05) is 0 Å². The number of ether oxygens (including phenoxy) is 2. The number of carboxylic acid groups (broad SMARTS) is 1. The van der Waals surface area contributed by atoms with Gasteiger partial charge in [-0.3, -0.25) is 4.79 Å². The molecule has 1 heterocycles. The van der Waals surface area contributed by atoms with E-state index in [1.807, 2.05) is 0 Å². The molecule has 0 radical (unpaired) electrons. The van der Waals surface area contributed by atoms with E-state index in [1.54, 1.807) is 0 Å². The van der Waals surface area contributed by atoms with Crippen molar-refractivity contribution in [3.05, 3.63) is 17.7 Å². The Morgan fingerprint density at radius 2 is 2.12 bits per heavy atom. The van der Waals surface area contributed by atoms with E-state index < -0.39 is 11.9 Å². The van der Waals surface area contributed by atoms with Gasteiger partial charge in [0, 0.05) is 18.2 Å². The number of hydrogen-bond donors (Lipinski definition) is 3. The lowest BCUT2D eigenvalue weighted by atomic mass is 9.97. The van der Waals surface area contributed by atoms with Gasteiger partial charge in [0.25, 0.3) is 0 Å². The molecule has 6 nitrogen and oxygen atoms in total. The average Bonchev–Trinajstić information content (AvgIpc) is 2.29. The Kier molecular flexibility index (Phi) is 3.06. The lowest BCUT2D eigenvalue weighted by Gasteiger charge is -2.23. The highest BCUT2D eigenvalue weighted by Gasteiger charge is 2.27. The van der Waals surface area contributed by atoms with Crippen LogP contribution >= 0.6 is 0 Å². The van der Waals surface area contributed by atoms with Crippen LogP contribution in [0.2, 0.25) is 0 Å². The minimum atomic E-state index is -1.06. The first-order valence-corrected chi connectivity index (χ1v) is 5.19. The zero-order chi connectivity index (χ0) is 12.4. The summed E-state index contributed by atoms with van der Waals surface area (Å²) in [6.07, 6.45) is 0. The van der Waals surface area contributed by atoms with Crippen molar-refractivity contribution >= 4 is 5.97 Å². The fourth-order valence-electron chi connectivity index (χ4n) is 1.79. The highest BCUT2D eigenvalue weighted by Crippen LogP contribution is 2.40. The zero-order valence-corrected chi connectivity index (χ0v) is 9.05. The second-order valence-corrected chi connectivity index (χ2v) is 3.69. The number of rotatable bonds is 3. The molecule has 1 aromatic rings. The predicted octanol–water partition coefficient (Wildman–Crippen LogP) is 0.290. The highest BCUT2D eigenvalue weighted by molar-refractivity contribution is 5.78. The van der Waals surface area contributed by atoms with E-state index in [9.17, 15) is 9.90 Å². The van der Waals surface area contributed by atoms with Crippen molar-refractivity contribution in [3.63, 3.8) is 0 Å². The van der Waals surface area contributed by atoms with Gasteiger partial charge in [0.05, 0.1) is 5.92 Å². The summed E-state index contributed by atoms with van der Waals surface area (Å²) in [4.78, 5) is 11.1. The van der Waals surface area contributed by atoms with Crippen LogP contribution in [0, 0.1) is 0 Å². The monoisotopic (exact) mass is 239 g/mol. The van der Waals surface area contributed by atoms with Crippen LogP contribution in [-0.2, 0) is 4.79 Å². The minimum Gasteiger partial charge on any atom is -0.508 e. The number of nitrogens with two attached hydrogens (primary N) is 1. The van der Waals surface area contributed by atoms with Crippen molar-refractivity contribution in [1.29, 1.82) is 0 Å². The van der Waals surface area contributed by atoms with Crippen molar-refractivity contribution in [2.75, 3.05) is 19.8 Å². The summed E-state index contributed by atoms with van der Waals surface area (Å²) < 4.78 is 10.7. The second kappa shape index (κ2) is 4.50. The van der Waals surface area contributed by atoms with E-state index in [0.29, 0.717) is 30.3 Å². The second-order valence-electron chi connectivity index (χ2n) is 3.69. The van der Waals surface area contributed by atoms with E-state index in [1.165, 1.54) is 12.1 Å². The molecule has 0 spiro atoms. The van der Waals surface area contributed by atoms with Gasteiger partial charge in [-0.25, -0.2) is 0 Å². The summed E-state index contributed by atoms with van der Waals surface area (Å²) in [7, 11) is 0. The Morgan fingerprint density at radius 1 is 1.41 bits per heavy atom. The van der Waals surface area contributed by atoms with Gasteiger partial charge in [0.2, 0.25) is 0 Å². The Balaban J connectivity index is 2.51. The van der Waals surface area contributed by atoms with Crippen LogP contribution in [0.1, 0.15) is 11.5 Å². The molecule has 2 rings (SSSR count). The molecule has 17 heavy (non-hydrogen) atoms. The van der Waals surface area contributed by atoms with Gasteiger partial charge in [0.15, 0.2) is 11.5 Å². The lowest BCUT2D eigenvalue weighted by Crippen LogP contribution is -2.24. The molecule has 92 valence electrons. The molecule has 0 aliphatic carbocycles. The number of benzene rings is 1. The first kappa shape index (κ1) is 11.5. The molecule has 1 atom stereocenters. The minimum absolute atomic E-state index is 0.0658. The third-order valence-corrected chi connectivity index (χ3v) is 2.56. The summed E-state index contributed by atoms with van der Waals surface area (Å²) >= 11 is 0. The van der Waals surface area contributed by atoms with Crippen LogP contribution in [0.5, 0.6) is 17.2 Å².